The smallest absolute Gasteiger partial charge is 0.136 e. The van der Waals surface area contributed by atoms with Crippen LogP contribution in [0.1, 0.15) is 24.8 Å². The Kier molecular flexibility index (Phi) is 4.05. The summed E-state index contributed by atoms with van der Waals surface area (Å²) in [6.07, 6.45) is 6.82. The molecule has 2 heterocycles. The van der Waals surface area contributed by atoms with Crippen molar-refractivity contribution in [2.45, 2.75) is 25.7 Å². The average Bonchev–Trinajstić information content (AvgIpc) is 2.38. The minimum Gasteiger partial charge on any atom is -0.381 e. The molecule has 3 heteroatoms. The van der Waals surface area contributed by atoms with Gasteiger partial charge >= 0.3 is 0 Å². The minimum atomic E-state index is 0.232. The van der Waals surface area contributed by atoms with Crippen molar-refractivity contribution in [1.29, 1.82) is 0 Å². The summed E-state index contributed by atoms with van der Waals surface area (Å²) in [6, 6.07) is 3.94. The fraction of sp³-hybridized carbons (Fsp3) is 0.538. The van der Waals surface area contributed by atoms with Gasteiger partial charge in [-0.15, -0.1) is 0 Å². The van der Waals surface area contributed by atoms with Gasteiger partial charge in [-0.3, -0.25) is 9.78 Å². The number of carbonyl (C=O) groups excluding carboxylic acids is 1. The predicted octanol–water partition coefficient (Wildman–Crippen LogP) is 2.01. The van der Waals surface area contributed by atoms with E-state index in [1.165, 1.54) is 5.56 Å². The van der Waals surface area contributed by atoms with Crippen molar-refractivity contribution in [3.05, 3.63) is 30.1 Å². The van der Waals surface area contributed by atoms with Gasteiger partial charge in [-0.25, -0.2) is 0 Å². The van der Waals surface area contributed by atoms with Gasteiger partial charge in [-0.1, -0.05) is 0 Å². The quantitative estimate of drug-likeness (QED) is 0.777. The van der Waals surface area contributed by atoms with E-state index in [1.807, 2.05) is 12.1 Å². The van der Waals surface area contributed by atoms with E-state index in [2.05, 4.69) is 4.98 Å². The molecule has 86 valence electrons. The van der Waals surface area contributed by atoms with Gasteiger partial charge in [-0.05, 0) is 37.0 Å². The molecular formula is C13H17NO2. The lowest BCUT2D eigenvalue weighted by Crippen LogP contribution is -2.23. The van der Waals surface area contributed by atoms with Crippen LogP contribution in [0.4, 0.5) is 0 Å². The molecule has 1 aliphatic heterocycles. The van der Waals surface area contributed by atoms with E-state index in [0.29, 0.717) is 12.2 Å². The van der Waals surface area contributed by atoms with E-state index in [0.717, 1.165) is 32.5 Å². The molecule has 2 rings (SSSR count). The van der Waals surface area contributed by atoms with Crippen LogP contribution in [0.2, 0.25) is 0 Å². The van der Waals surface area contributed by atoms with E-state index in [4.69, 9.17) is 4.74 Å². The Morgan fingerprint density at radius 2 is 2.00 bits per heavy atom. The maximum Gasteiger partial charge on any atom is 0.136 e. The third kappa shape index (κ3) is 3.14. The first-order chi connectivity index (χ1) is 7.86. The Morgan fingerprint density at radius 1 is 1.31 bits per heavy atom. The second-order valence-electron chi connectivity index (χ2n) is 4.21. The third-order valence-electron chi connectivity index (χ3n) is 3.09. The molecule has 16 heavy (non-hydrogen) atoms. The molecule has 0 atom stereocenters. The number of nitrogens with zero attached hydrogens (tertiary/aromatic N) is 1. The summed E-state index contributed by atoms with van der Waals surface area (Å²) >= 11 is 0. The van der Waals surface area contributed by atoms with Gasteiger partial charge in [0, 0.05) is 37.9 Å². The molecule has 1 fully saturated rings. The van der Waals surface area contributed by atoms with Gasteiger partial charge < -0.3 is 4.74 Å². The van der Waals surface area contributed by atoms with Crippen LogP contribution in [0.25, 0.3) is 0 Å². The summed E-state index contributed by atoms with van der Waals surface area (Å²) in [5.41, 5.74) is 1.19. The van der Waals surface area contributed by atoms with Crippen molar-refractivity contribution in [1.82, 2.24) is 4.98 Å². The number of aromatic nitrogens is 1. The van der Waals surface area contributed by atoms with Crippen molar-refractivity contribution in [2.24, 2.45) is 5.92 Å². The van der Waals surface area contributed by atoms with Crippen molar-refractivity contribution < 1.29 is 9.53 Å². The van der Waals surface area contributed by atoms with Crippen molar-refractivity contribution in [3.8, 4) is 0 Å². The zero-order valence-electron chi connectivity index (χ0n) is 9.39. The third-order valence-corrected chi connectivity index (χ3v) is 3.09. The zero-order valence-corrected chi connectivity index (χ0v) is 9.39. The molecule has 0 unspecified atom stereocenters. The maximum atomic E-state index is 11.9. The normalized spacial score (nSPS) is 17.2. The topological polar surface area (TPSA) is 39.2 Å². The zero-order chi connectivity index (χ0) is 11.2. The van der Waals surface area contributed by atoms with Crippen LogP contribution in [-0.2, 0) is 16.0 Å². The van der Waals surface area contributed by atoms with E-state index in [1.54, 1.807) is 12.4 Å². The monoisotopic (exact) mass is 219 g/mol. The Labute approximate surface area is 95.8 Å². The molecule has 0 radical (unpaired) electrons. The summed E-state index contributed by atoms with van der Waals surface area (Å²) in [7, 11) is 0. The molecule has 0 aliphatic carbocycles. The molecule has 1 saturated heterocycles. The van der Waals surface area contributed by atoms with Gasteiger partial charge in [0.1, 0.15) is 5.78 Å². The summed E-state index contributed by atoms with van der Waals surface area (Å²) in [5.74, 6) is 0.621. The fourth-order valence-electron chi connectivity index (χ4n) is 2.04. The largest absolute Gasteiger partial charge is 0.381 e. The highest BCUT2D eigenvalue weighted by Gasteiger charge is 2.20. The van der Waals surface area contributed by atoms with Crippen LogP contribution in [-0.4, -0.2) is 24.0 Å². The predicted molar refractivity (Wildman–Crippen MR) is 61.1 cm³/mol. The lowest BCUT2D eigenvalue weighted by atomic mass is 9.92. The number of hydrogen-bond donors (Lipinski definition) is 0. The number of ether oxygens (including phenoxy) is 1. The van der Waals surface area contributed by atoms with Crippen molar-refractivity contribution >= 4 is 5.78 Å². The van der Waals surface area contributed by atoms with E-state index >= 15 is 0 Å². The molecule has 0 bridgehead atoms. The van der Waals surface area contributed by atoms with Gasteiger partial charge in [0.05, 0.1) is 0 Å². The van der Waals surface area contributed by atoms with Crippen LogP contribution in [0, 0.1) is 5.92 Å². The van der Waals surface area contributed by atoms with Gasteiger partial charge in [0.25, 0.3) is 0 Å². The van der Waals surface area contributed by atoms with Crippen LogP contribution in [0.15, 0.2) is 24.5 Å². The first kappa shape index (κ1) is 11.3. The van der Waals surface area contributed by atoms with Crippen LogP contribution >= 0.6 is 0 Å². The molecule has 1 aromatic rings. The lowest BCUT2D eigenvalue weighted by molar-refractivity contribution is -0.125. The van der Waals surface area contributed by atoms with E-state index in [9.17, 15) is 4.79 Å². The number of ketones is 1. The molecule has 0 amide bonds. The molecular weight excluding hydrogens is 202 g/mol. The molecule has 0 spiro atoms. The van der Waals surface area contributed by atoms with Crippen LogP contribution in [0.3, 0.4) is 0 Å². The number of pyridine rings is 1. The number of rotatable bonds is 4. The highest BCUT2D eigenvalue weighted by molar-refractivity contribution is 5.81. The van der Waals surface area contributed by atoms with Gasteiger partial charge in [-0.2, -0.15) is 0 Å². The number of hydrogen-bond acceptors (Lipinski definition) is 3. The first-order valence-corrected chi connectivity index (χ1v) is 5.85. The molecule has 0 saturated carbocycles. The molecule has 0 aromatic carbocycles. The SMILES string of the molecule is O=C(CCc1ccncc1)C1CCOCC1. The van der Waals surface area contributed by atoms with Crippen molar-refractivity contribution in [2.75, 3.05) is 13.2 Å². The summed E-state index contributed by atoms with van der Waals surface area (Å²) in [4.78, 5) is 15.9. The second-order valence-corrected chi connectivity index (χ2v) is 4.21. The molecule has 3 nitrogen and oxygen atoms in total. The van der Waals surface area contributed by atoms with Gasteiger partial charge in [0.15, 0.2) is 0 Å². The van der Waals surface area contributed by atoms with E-state index < -0.39 is 0 Å². The fourth-order valence-corrected chi connectivity index (χ4v) is 2.04. The summed E-state index contributed by atoms with van der Waals surface area (Å²) < 4.78 is 5.25. The Morgan fingerprint density at radius 3 is 2.69 bits per heavy atom. The second kappa shape index (κ2) is 5.75. The number of aryl methyl sites for hydroxylation is 1. The number of carbonyl (C=O) groups is 1. The molecule has 1 aromatic heterocycles. The number of Topliss-reactive ketones (excluding diaryl/α,β-unsaturated/α-hetero) is 1. The highest BCUT2D eigenvalue weighted by atomic mass is 16.5. The van der Waals surface area contributed by atoms with Crippen LogP contribution in [0.5, 0.6) is 0 Å². The van der Waals surface area contributed by atoms with Gasteiger partial charge in [0.2, 0.25) is 0 Å². The summed E-state index contributed by atoms with van der Waals surface area (Å²) in [6.45, 7) is 1.48. The van der Waals surface area contributed by atoms with Crippen LogP contribution < -0.4 is 0 Å². The van der Waals surface area contributed by atoms with E-state index in [-0.39, 0.29) is 5.92 Å². The van der Waals surface area contributed by atoms with Crippen molar-refractivity contribution in [3.63, 3.8) is 0 Å². The molecule has 1 aliphatic rings. The average molecular weight is 219 g/mol. The lowest BCUT2D eigenvalue weighted by Gasteiger charge is -2.20. The molecule has 0 N–H and O–H groups in total. The first-order valence-electron chi connectivity index (χ1n) is 5.85. The minimum absolute atomic E-state index is 0.232. The summed E-state index contributed by atoms with van der Waals surface area (Å²) in [5, 5.41) is 0. The highest BCUT2D eigenvalue weighted by Crippen LogP contribution is 2.18. The Bertz CT molecular complexity index is 331. The maximum absolute atomic E-state index is 11.9. The standard InChI is InChI=1S/C13H17NO2/c15-13(12-5-9-16-10-6-12)2-1-11-3-7-14-8-4-11/h3-4,7-8,12H,1-2,5-6,9-10H2. The Balaban J connectivity index is 1.79. The Hall–Kier alpha value is -1.22.